The summed E-state index contributed by atoms with van der Waals surface area (Å²) in [5.74, 6) is -0.835. The van der Waals surface area contributed by atoms with Gasteiger partial charge in [0, 0.05) is 7.05 Å². The second-order valence-electron chi connectivity index (χ2n) is 7.23. The van der Waals surface area contributed by atoms with Crippen molar-refractivity contribution in [2.75, 3.05) is 18.5 Å². The normalized spacial score (nSPS) is 18.9. The molecular formula is C21H20N4O3S. The second kappa shape index (κ2) is 6.97. The van der Waals surface area contributed by atoms with Crippen LogP contribution in [0.15, 0.2) is 48.5 Å². The van der Waals surface area contributed by atoms with Crippen LogP contribution in [0.25, 0.3) is 10.2 Å². The number of benzene rings is 2. The maximum atomic E-state index is 13.0. The lowest BCUT2D eigenvalue weighted by atomic mass is 9.91. The van der Waals surface area contributed by atoms with Gasteiger partial charge in [0.1, 0.15) is 12.1 Å². The molecule has 0 unspecified atom stereocenters. The van der Waals surface area contributed by atoms with Crippen molar-refractivity contribution in [1.29, 1.82) is 0 Å². The molecule has 3 aromatic rings. The van der Waals surface area contributed by atoms with E-state index in [0.29, 0.717) is 10.7 Å². The molecule has 1 fully saturated rings. The van der Waals surface area contributed by atoms with Crippen molar-refractivity contribution < 1.29 is 14.4 Å². The molecule has 0 spiro atoms. The van der Waals surface area contributed by atoms with Gasteiger partial charge in [0.2, 0.25) is 5.91 Å². The zero-order valence-corrected chi connectivity index (χ0v) is 17.1. The molecule has 4 amide bonds. The predicted molar refractivity (Wildman–Crippen MR) is 112 cm³/mol. The van der Waals surface area contributed by atoms with E-state index in [2.05, 4.69) is 10.3 Å². The fraction of sp³-hybridized carbons (Fsp3) is 0.238. The van der Waals surface area contributed by atoms with Crippen LogP contribution in [0.3, 0.4) is 0 Å². The molecule has 1 saturated heterocycles. The third-order valence-corrected chi connectivity index (χ3v) is 6.25. The number of anilines is 1. The number of thiazole rings is 1. The number of urea groups is 1. The Balaban J connectivity index is 1.54. The molecule has 0 saturated carbocycles. The van der Waals surface area contributed by atoms with Crippen molar-refractivity contribution in [2.24, 2.45) is 0 Å². The molecule has 1 N–H and O–H groups in total. The first-order valence-corrected chi connectivity index (χ1v) is 9.94. The number of amides is 4. The monoisotopic (exact) mass is 408 g/mol. The van der Waals surface area contributed by atoms with E-state index in [4.69, 9.17) is 0 Å². The molecule has 2 heterocycles. The summed E-state index contributed by atoms with van der Waals surface area (Å²) in [5, 5.41) is 3.24. The molecule has 148 valence electrons. The molecule has 0 radical (unpaired) electrons. The number of nitrogens with zero attached hydrogens (tertiary/aromatic N) is 3. The van der Waals surface area contributed by atoms with Gasteiger partial charge < -0.3 is 5.32 Å². The topological polar surface area (TPSA) is 82.6 Å². The number of imide groups is 1. The Bertz CT molecular complexity index is 1090. The molecule has 1 aliphatic heterocycles. The first kappa shape index (κ1) is 19.1. The Hall–Kier alpha value is -3.26. The van der Waals surface area contributed by atoms with Crippen LogP contribution in [0, 0.1) is 6.92 Å². The number of aromatic nitrogens is 1. The SMILES string of the molecule is Cc1ccc([C@]2(C)NC(=O)N(CC(=O)N(C)c3nc4ccccc4s3)C2=O)cc1. The summed E-state index contributed by atoms with van der Waals surface area (Å²) < 4.78 is 0.962. The number of rotatable bonds is 4. The molecule has 29 heavy (non-hydrogen) atoms. The number of fused-ring (bicyclic) bond motifs is 1. The number of para-hydroxylation sites is 1. The van der Waals surface area contributed by atoms with Gasteiger partial charge in [-0.3, -0.25) is 19.4 Å². The quantitative estimate of drug-likeness (QED) is 0.673. The smallest absolute Gasteiger partial charge is 0.319 e. The number of hydrogen-bond acceptors (Lipinski definition) is 5. The van der Waals surface area contributed by atoms with Crippen molar-refractivity contribution in [3.63, 3.8) is 0 Å². The van der Waals surface area contributed by atoms with E-state index in [1.165, 1.54) is 16.2 Å². The number of aryl methyl sites for hydroxylation is 1. The van der Waals surface area contributed by atoms with Gasteiger partial charge >= 0.3 is 6.03 Å². The van der Waals surface area contributed by atoms with E-state index in [0.717, 1.165) is 20.7 Å². The standard InChI is InChI=1S/C21H20N4O3S/c1-13-8-10-14(11-9-13)21(2)18(27)25(19(28)23-21)12-17(26)24(3)20-22-15-6-4-5-7-16(15)29-20/h4-11H,12H2,1-3H3,(H,23,28)/t21-/m0/s1. The van der Waals surface area contributed by atoms with Crippen LogP contribution in [0.1, 0.15) is 18.1 Å². The van der Waals surface area contributed by atoms with Gasteiger partial charge in [-0.2, -0.15) is 0 Å². The van der Waals surface area contributed by atoms with E-state index in [1.54, 1.807) is 14.0 Å². The largest absolute Gasteiger partial charge is 0.325 e. The number of hydrogen-bond donors (Lipinski definition) is 1. The summed E-state index contributed by atoms with van der Waals surface area (Å²) in [4.78, 5) is 45.1. The van der Waals surface area contributed by atoms with E-state index < -0.39 is 17.5 Å². The van der Waals surface area contributed by atoms with Crippen LogP contribution in [-0.4, -0.2) is 41.3 Å². The van der Waals surface area contributed by atoms with Crippen molar-refractivity contribution in [3.8, 4) is 0 Å². The van der Waals surface area contributed by atoms with Crippen LogP contribution in [0.5, 0.6) is 0 Å². The molecule has 7 nitrogen and oxygen atoms in total. The van der Waals surface area contributed by atoms with Gasteiger partial charge in [-0.25, -0.2) is 9.78 Å². The summed E-state index contributed by atoms with van der Waals surface area (Å²) in [5.41, 5.74) is 1.34. The molecule has 4 rings (SSSR count). The molecule has 0 bridgehead atoms. The van der Waals surface area contributed by atoms with Gasteiger partial charge in [-0.05, 0) is 31.5 Å². The average molecular weight is 408 g/mol. The first-order valence-electron chi connectivity index (χ1n) is 9.13. The highest BCUT2D eigenvalue weighted by Gasteiger charge is 2.49. The van der Waals surface area contributed by atoms with Crippen LogP contribution in [0.2, 0.25) is 0 Å². The van der Waals surface area contributed by atoms with Crippen LogP contribution >= 0.6 is 11.3 Å². The van der Waals surface area contributed by atoms with Crippen molar-refractivity contribution in [3.05, 3.63) is 59.7 Å². The molecular weight excluding hydrogens is 388 g/mol. The summed E-state index contributed by atoms with van der Waals surface area (Å²) in [7, 11) is 1.59. The fourth-order valence-corrected chi connectivity index (χ4v) is 4.22. The van der Waals surface area contributed by atoms with Crippen molar-refractivity contribution >= 4 is 44.5 Å². The number of nitrogens with one attached hydrogen (secondary N) is 1. The lowest BCUT2D eigenvalue weighted by Crippen LogP contribution is -2.43. The maximum Gasteiger partial charge on any atom is 0.325 e. The van der Waals surface area contributed by atoms with Crippen LogP contribution in [-0.2, 0) is 15.1 Å². The Morgan fingerprint density at radius 2 is 1.86 bits per heavy atom. The molecule has 1 atom stereocenters. The minimum atomic E-state index is -1.19. The Morgan fingerprint density at radius 1 is 1.17 bits per heavy atom. The zero-order chi connectivity index (χ0) is 20.8. The van der Waals surface area contributed by atoms with Crippen molar-refractivity contribution in [2.45, 2.75) is 19.4 Å². The molecule has 0 aliphatic carbocycles. The van der Waals surface area contributed by atoms with Gasteiger partial charge in [0.25, 0.3) is 5.91 Å². The van der Waals surface area contributed by atoms with Crippen LogP contribution < -0.4 is 10.2 Å². The third-order valence-electron chi connectivity index (χ3n) is 5.14. The minimum Gasteiger partial charge on any atom is -0.319 e. The van der Waals surface area contributed by atoms with Gasteiger partial charge in [0.15, 0.2) is 5.13 Å². The van der Waals surface area contributed by atoms with Gasteiger partial charge in [-0.15, -0.1) is 0 Å². The molecule has 1 aliphatic rings. The minimum absolute atomic E-state index is 0.349. The average Bonchev–Trinajstić information content (AvgIpc) is 3.23. The van der Waals surface area contributed by atoms with E-state index in [-0.39, 0.29) is 12.5 Å². The third kappa shape index (κ3) is 3.25. The lowest BCUT2D eigenvalue weighted by molar-refractivity contribution is -0.134. The summed E-state index contributed by atoms with van der Waals surface area (Å²) in [6.07, 6.45) is 0. The van der Waals surface area contributed by atoms with Gasteiger partial charge in [-0.1, -0.05) is 53.3 Å². The first-order chi connectivity index (χ1) is 13.8. The highest BCUT2D eigenvalue weighted by molar-refractivity contribution is 7.22. The Morgan fingerprint density at radius 3 is 2.55 bits per heavy atom. The molecule has 8 heteroatoms. The predicted octanol–water partition coefficient (Wildman–Crippen LogP) is 3.03. The maximum absolute atomic E-state index is 13.0. The lowest BCUT2D eigenvalue weighted by Gasteiger charge is -2.23. The van der Waals surface area contributed by atoms with E-state index >= 15 is 0 Å². The van der Waals surface area contributed by atoms with E-state index in [9.17, 15) is 14.4 Å². The molecule has 2 aromatic carbocycles. The summed E-state index contributed by atoms with van der Waals surface area (Å²) >= 11 is 1.38. The fourth-order valence-electron chi connectivity index (χ4n) is 3.27. The van der Waals surface area contributed by atoms with Gasteiger partial charge in [0.05, 0.1) is 10.2 Å². The Labute approximate surface area is 171 Å². The zero-order valence-electron chi connectivity index (χ0n) is 16.3. The van der Waals surface area contributed by atoms with Crippen molar-refractivity contribution in [1.82, 2.24) is 15.2 Å². The summed E-state index contributed by atoms with van der Waals surface area (Å²) in [6.45, 7) is 3.25. The highest BCUT2D eigenvalue weighted by atomic mass is 32.1. The van der Waals surface area contributed by atoms with E-state index in [1.807, 2.05) is 55.5 Å². The number of likely N-dealkylation sites (N-methyl/N-ethyl adjacent to an activating group) is 1. The molecule has 1 aromatic heterocycles. The summed E-state index contributed by atoms with van der Waals surface area (Å²) in [6, 6.07) is 14.4. The van der Waals surface area contributed by atoms with Crippen LogP contribution in [0.4, 0.5) is 9.93 Å². The second-order valence-corrected chi connectivity index (χ2v) is 8.24. The highest BCUT2D eigenvalue weighted by Crippen LogP contribution is 2.30. The number of carbonyl (C=O) groups is 3. The number of carbonyl (C=O) groups excluding carboxylic acids is 3. The Kier molecular flexibility index (Phi) is 4.58.